The van der Waals surface area contributed by atoms with Crippen molar-refractivity contribution in [1.29, 1.82) is 0 Å². The SMILES string of the molecule is O=C(Cc1cc2c(NC(=O)c3ccncc3)[nH]nc2s1)NCc1ccccc1. The zero-order valence-corrected chi connectivity index (χ0v) is 15.6. The van der Waals surface area contributed by atoms with Crippen LogP contribution in [0.1, 0.15) is 20.8 Å². The lowest BCUT2D eigenvalue weighted by Gasteiger charge is -2.04. The summed E-state index contributed by atoms with van der Waals surface area (Å²) >= 11 is 1.43. The van der Waals surface area contributed by atoms with Crippen LogP contribution >= 0.6 is 11.3 Å². The van der Waals surface area contributed by atoms with E-state index in [0.717, 1.165) is 20.7 Å². The summed E-state index contributed by atoms with van der Waals surface area (Å²) in [6.07, 6.45) is 3.40. The van der Waals surface area contributed by atoms with E-state index in [1.54, 1.807) is 24.5 Å². The number of benzene rings is 1. The Hall–Kier alpha value is -3.52. The zero-order chi connectivity index (χ0) is 19.3. The molecule has 0 aliphatic rings. The van der Waals surface area contributed by atoms with E-state index in [1.165, 1.54) is 11.3 Å². The predicted molar refractivity (Wildman–Crippen MR) is 108 cm³/mol. The number of thiophene rings is 1. The number of nitrogens with zero attached hydrogens (tertiary/aromatic N) is 2. The van der Waals surface area contributed by atoms with E-state index in [1.807, 2.05) is 36.4 Å². The molecule has 0 atom stereocenters. The molecule has 8 heteroatoms. The molecule has 0 unspecified atom stereocenters. The quantitative estimate of drug-likeness (QED) is 0.470. The summed E-state index contributed by atoms with van der Waals surface area (Å²) in [7, 11) is 0. The van der Waals surface area contributed by atoms with Gasteiger partial charge in [0.15, 0.2) is 0 Å². The highest BCUT2D eigenvalue weighted by molar-refractivity contribution is 7.18. The van der Waals surface area contributed by atoms with Crippen LogP contribution in [0.2, 0.25) is 0 Å². The van der Waals surface area contributed by atoms with E-state index < -0.39 is 0 Å². The monoisotopic (exact) mass is 391 g/mol. The number of nitrogens with one attached hydrogen (secondary N) is 3. The van der Waals surface area contributed by atoms with Gasteiger partial charge in [-0.25, -0.2) is 0 Å². The van der Waals surface area contributed by atoms with Crippen molar-refractivity contribution in [2.75, 3.05) is 5.32 Å². The number of amides is 2. The number of aromatic amines is 1. The van der Waals surface area contributed by atoms with Crippen LogP contribution in [0.25, 0.3) is 10.2 Å². The Kier molecular flexibility index (Phi) is 5.11. The van der Waals surface area contributed by atoms with Gasteiger partial charge < -0.3 is 10.6 Å². The van der Waals surface area contributed by atoms with Gasteiger partial charge in [0.2, 0.25) is 5.91 Å². The number of anilines is 1. The Balaban J connectivity index is 1.41. The molecule has 0 saturated carbocycles. The predicted octanol–water partition coefficient (Wildman–Crippen LogP) is 3.13. The number of carbonyl (C=O) groups is 2. The molecule has 28 heavy (non-hydrogen) atoms. The van der Waals surface area contributed by atoms with E-state index in [4.69, 9.17) is 0 Å². The summed E-state index contributed by atoms with van der Waals surface area (Å²) in [5.74, 6) is 0.212. The molecular formula is C20H17N5O2S. The van der Waals surface area contributed by atoms with Crippen LogP contribution in [0, 0.1) is 0 Å². The maximum absolute atomic E-state index is 12.3. The van der Waals surface area contributed by atoms with Crippen LogP contribution in [0.5, 0.6) is 0 Å². The topological polar surface area (TPSA) is 99.8 Å². The highest BCUT2D eigenvalue weighted by Crippen LogP contribution is 2.29. The number of pyridine rings is 1. The molecule has 0 saturated heterocycles. The van der Waals surface area contributed by atoms with E-state index in [2.05, 4.69) is 25.8 Å². The van der Waals surface area contributed by atoms with Crippen molar-refractivity contribution in [2.24, 2.45) is 0 Å². The van der Waals surface area contributed by atoms with Crippen LogP contribution in [0.4, 0.5) is 5.82 Å². The minimum Gasteiger partial charge on any atom is -0.352 e. The lowest BCUT2D eigenvalue weighted by Crippen LogP contribution is -2.24. The molecule has 0 bridgehead atoms. The van der Waals surface area contributed by atoms with Gasteiger partial charge in [0, 0.05) is 29.4 Å². The van der Waals surface area contributed by atoms with E-state index in [0.29, 0.717) is 17.9 Å². The lowest BCUT2D eigenvalue weighted by molar-refractivity contribution is -0.120. The van der Waals surface area contributed by atoms with Gasteiger partial charge in [0.05, 0.1) is 11.8 Å². The van der Waals surface area contributed by atoms with Gasteiger partial charge in [-0.2, -0.15) is 5.10 Å². The van der Waals surface area contributed by atoms with Crippen molar-refractivity contribution >= 4 is 39.2 Å². The first kappa shape index (κ1) is 17.9. The molecule has 140 valence electrons. The van der Waals surface area contributed by atoms with Gasteiger partial charge >= 0.3 is 0 Å². The van der Waals surface area contributed by atoms with Gasteiger partial charge in [-0.15, -0.1) is 11.3 Å². The van der Waals surface area contributed by atoms with Crippen LogP contribution in [-0.4, -0.2) is 27.0 Å². The maximum Gasteiger partial charge on any atom is 0.256 e. The van der Waals surface area contributed by atoms with Gasteiger partial charge in [0.25, 0.3) is 5.91 Å². The fourth-order valence-corrected chi connectivity index (χ4v) is 3.74. The van der Waals surface area contributed by atoms with Gasteiger partial charge in [-0.3, -0.25) is 19.7 Å². The second-order valence-corrected chi connectivity index (χ2v) is 7.27. The molecule has 0 radical (unpaired) electrons. The second-order valence-electron chi connectivity index (χ2n) is 6.16. The van der Waals surface area contributed by atoms with Crippen molar-refractivity contribution in [3.05, 3.63) is 76.9 Å². The highest BCUT2D eigenvalue weighted by atomic mass is 32.1. The van der Waals surface area contributed by atoms with Crippen LogP contribution in [0.3, 0.4) is 0 Å². The number of hydrogen-bond acceptors (Lipinski definition) is 5. The van der Waals surface area contributed by atoms with E-state index in [-0.39, 0.29) is 18.2 Å². The molecular weight excluding hydrogens is 374 g/mol. The van der Waals surface area contributed by atoms with Crippen molar-refractivity contribution in [2.45, 2.75) is 13.0 Å². The molecule has 4 aromatic rings. The molecule has 7 nitrogen and oxygen atoms in total. The van der Waals surface area contributed by atoms with E-state index >= 15 is 0 Å². The third-order valence-corrected chi connectivity index (χ3v) is 5.18. The van der Waals surface area contributed by atoms with Crippen LogP contribution < -0.4 is 10.6 Å². The average molecular weight is 391 g/mol. The molecule has 3 aromatic heterocycles. The summed E-state index contributed by atoms with van der Waals surface area (Å²) in [4.78, 5) is 30.1. The van der Waals surface area contributed by atoms with Crippen molar-refractivity contribution in [3.63, 3.8) is 0 Å². The molecule has 0 aliphatic carbocycles. The Bertz CT molecular complexity index is 1110. The first-order valence-corrected chi connectivity index (χ1v) is 9.49. The minimum atomic E-state index is -0.249. The van der Waals surface area contributed by atoms with Crippen LogP contribution in [0.15, 0.2) is 60.9 Å². The number of fused-ring (bicyclic) bond motifs is 1. The number of aromatic nitrogens is 3. The molecule has 3 heterocycles. The first-order valence-electron chi connectivity index (χ1n) is 8.68. The summed E-state index contributed by atoms with van der Waals surface area (Å²) in [5, 5.41) is 13.6. The molecule has 3 N–H and O–H groups in total. The molecule has 0 aliphatic heterocycles. The van der Waals surface area contributed by atoms with Gasteiger partial charge in [0.1, 0.15) is 10.6 Å². The normalized spacial score (nSPS) is 10.7. The fraction of sp³-hybridized carbons (Fsp3) is 0.100. The highest BCUT2D eigenvalue weighted by Gasteiger charge is 2.15. The molecule has 2 amide bonds. The summed E-state index contributed by atoms with van der Waals surface area (Å²) in [5.41, 5.74) is 1.56. The minimum absolute atomic E-state index is 0.0564. The van der Waals surface area contributed by atoms with Crippen LogP contribution in [-0.2, 0) is 17.8 Å². The van der Waals surface area contributed by atoms with Gasteiger partial charge in [-0.05, 0) is 23.8 Å². The zero-order valence-electron chi connectivity index (χ0n) is 14.8. The van der Waals surface area contributed by atoms with E-state index in [9.17, 15) is 9.59 Å². The van der Waals surface area contributed by atoms with Crippen molar-refractivity contribution in [3.8, 4) is 0 Å². The van der Waals surface area contributed by atoms with Crippen molar-refractivity contribution in [1.82, 2.24) is 20.5 Å². The Labute approximate surface area is 164 Å². The number of H-pyrrole nitrogens is 1. The third kappa shape index (κ3) is 4.07. The largest absolute Gasteiger partial charge is 0.352 e. The number of hydrogen-bond donors (Lipinski definition) is 3. The Morgan fingerprint density at radius 3 is 2.64 bits per heavy atom. The Morgan fingerprint density at radius 1 is 1.07 bits per heavy atom. The molecule has 0 fully saturated rings. The average Bonchev–Trinajstić information content (AvgIpc) is 3.29. The number of carbonyl (C=O) groups excluding carboxylic acids is 2. The fourth-order valence-electron chi connectivity index (χ4n) is 2.75. The Morgan fingerprint density at radius 2 is 1.86 bits per heavy atom. The van der Waals surface area contributed by atoms with Crippen molar-refractivity contribution < 1.29 is 9.59 Å². The second kappa shape index (κ2) is 8.01. The smallest absolute Gasteiger partial charge is 0.256 e. The third-order valence-electron chi connectivity index (χ3n) is 4.15. The molecule has 4 rings (SSSR count). The first-order chi connectivity index (χ1) is 13.7. The summed E-state index contributed by atoms with van der Waals surface area (Å²) in [6, 6.07) is 14.9. The summed E-state index contributed by atoms with van der Waals surface area (Å²) in [6.45, 7) is 0.496. The lowest BCUT2D eigenvalue weighted by atomic mass is 10.2. The standard InChI is InChI=1S/C20H17N5O2S/c26-17(22-12-13-4-2-1-3-5-13)11-15-10-16-18(24-25-20(16)28-15)23-19(27)14-6-8-21-9-7-14/h1-10H,11-12H2,(H,22,26)(H2,23,24,25,27). The van der Waals surface area contributed by atoms with Gasteiger partial charge in [-0.1, -0.05) is 30.3 Å². The summed E-state index contributed by atoms with van der Waals surface area (Å²) < 4.78 is 0. The molecule has 0 spiro atoms. The molecule has 1 aromatic carbocycles. The maximum atomic E-state index is 12.3. The number of rotatable bonds is 6.